The fourth-order valence-corrected chi connectivity index (χ4v) is 1.65. The number of amides is 1. The summed E-state index contributed by atoms with van der Waals surface area (Å²) in [6.45, 7) is 0.627. The van der Waals surface area contributed by atoms with Crippen molar-refractivity contribution in [3.05, 3.63) is 32.8 Å². The largest absolute Gasteiger partial charge is 0.383 e. The van der Waals surface area contributed by atoms with Crippen LogP contribution in [0, 0.1) is 10.1 Å². The normalized spacial score (nSPS) is 10.1. The molecular weight excluding hydrogens is 276 g/mol. The number of nitrogens with two attached hydrogens (primary N) is 1. The monoisotopic (exact) mass is 288 g/mol. The summed E-state index contributed by atoms with van der Waals surface area (Å²) in [7, 11) is 1.50. The highest BCUT2D eigenvalue weighted by Gasteiger charge is 2.20. The lowest BCUT2D eigenvalue weighted by Crippen LogP contribution is -2.27. The van der Waals surface area contributed by atoms with Crippen LogP contribution in [0.4, 0.5) is 11.4 Å². The van der Waals surface area contributed by atoms with E-state index in [9.17, 15) is 14.9 Å². The van der Waals surface area contributed by atoms with Gasteiger partial charge in [0.1, 0.15) is 5.69 Å². The van der Waals surface area contributed by atoms with E-state index < -0.39 is 10.8 Å². The Labute approximate surface area is 114 Å². The van der Waals surface area contributed by atoms with Gasteiger partial charge in [0.15, 0.2) is 0 Å². The van der Waals surface area contributed by atoms with E-state index in [4.69, 9.17) is 22.2 Å². The Bertz CT molecular complexity index is 495. The molecular formula is C10H13ClN4O4. The quantitative estimate of drug-likeness (QED) is 0.310. The number of hydrazine groups is 1. The van der Waals surface area contributed by atoms with E-state index >= 15 is 0 Å². The highest BCUT2D eigenvalue weighted by molar-refractivity contribution is 6.34. The van der Waals surface area contributed by atoms with Crippen LogP contribution in [0.1, 0.15) is 10.4 Å². The molecule has 0 saturated carbocycles. The number of hydrogen-bond acceptors (Lipinski definition) is 6. The number of carbonyl (C=O) groups is 1. The number of benzene rings is 1. The Hall–Kier alpha value is -1.90. The first-order valence-electron chi connectivity index (χ1n) is 5.23. The minimum Gasteiger partial charge on any atom is -0.383 e. The second-order valence-corrected chi connectivity index (χ2v) is 3.91. The number of halogens is 1. The maximum Gasteiger partial charge on any atom is 0.295 e. The topological polar surface area (TPSA) is 120 Å². The number of nitrogens with zero attached hydrogens (tertiary/aromatic N) is 1. The molecule has 8 nitrogen and oxygen atoms in total. The molecule has 0 saturated heterocycles. The van der Waals surface area contributed by atoms with Gasteiger partial charge >= 0.3 is 0 Å². The molecule has 1 aromatic carbocycles. The van der Waals surface area contributed by atoms with Gasteiger partial charge in [-0.15, -0.1) is 0 Å². The van der Waals surface area contributed by atoms with Crippen molar-refractivity contribution in [2.24, 2.45) is 5.84 Å². The van der Waals surface area contributed by atoms with E-state index in [0.29, 0.717) is 6.61 Å². The summed E-state index contributed by atoms with van der Waals surface area (Å²) in [6.07, 6.45) is 0. The lowest BCUT2D eigenvalue weighted by Gasteiger charge is -2.08. The lowest BCUT2D eigenvalue weighted by atomic mass is 10.1. The summed E-state index contributed by atoms with van der Waals surface area (Å²) < 4.78 is 4.77. The summed E-state index contributed by atoms with van der Waals surface area (Å²) in [6, 6.07) is 2.40. The smallest absolute Gasteiger partial charge is 0.295 e. The maximum atomic E-state index is 11.7. The number of carbonyl (C=O) groups excluding carboxylic acids is 1. The Morgan fingerprint density at radius 3 is 2.79 bits per heavy atom. The molecule has 0 aromatic heterocycles. The minimum absolute atomic E-state index is 0.00593. The van der Waals surface area contributed by atoms with Crippen molar-refractivity contribution >= 4 is 28.9 Å². The number of nitrogens with one attached hydrogen (secondary N) is 2. The Morgan fingerprint density at radius 2 is 2.26 bits per heavy atom. The molecule has 0 aliphatic rings. The van der Waals surface area contributed by atoms with Gasteiger partial charge in [0.25, 0.3) is 11.6 Å². The standard InChI is InChI=1S/C10H13ClN4O4/c1-19-3-2-13-10(16)6-4-7(11)9(14-12)8(5-6)15(17)18/h4-5,14H,2-3,12H2,1H3,(H,13,16). The number of methoxy groups -OCH3 is 1. The number of nitro groups is 1. The third-order valence-electron chi connectivity index (χ3n) is 2.26. The van der Waals surface area contributed by atoms with Crippen molar-refractivity contribution in [3.8, 4) is 0 Å². The maximum absolute atomic E-state index is 11.7. The first-order chi connectivity index (χ1) is 9.01. The first-order valence-corrected chi connectivity index (χ1v) is 5.60. The van der Waals surface area contributed by atoms with Crippen LogP contribution in [0.3, 0.4) is 0 Å². The van der Waals surface area contributed by atoms with Gasteiger partial charge in [-0.25, -0.2) is 0 Å². The van der Waals surface area contributed by atoms with Crippen LogP contribution in [0.2, 0.25) is 5.02 Å². The molecule has 1 rings (SSSR count). The van der Waals surface area contributed by atoms with Gasteiger partial charge in [0.05, 0.1) is 16.6 Å². The first kappa shape index (κ1) is 15.2. The molecule has 0 bridgehead atoms. The van der Waals surface area contributed by atoms with E-state index in [1.165, 1.54) is 13.2 Å². The highest BCUT2D eigenvalue weighted by Crippen LogP contribution is 2.32. The molecule has 19 heavy (non-hydrogen) atoms. The number of ether oxygens (including phenoxy) is 1. The van der Waals surface area contributed by atoms with E-state index in [1.54, 1.807) is 0 Å². The summed E-state index contributed by atoms with van der Waals surface area (Å²) in [5, 5.41) is 13.4. The molecule has 0 spiro atoms. The van der Waals surface area contributed by atoms with Gasteiger partial charge in [0.2, 0.25) is 0 Å². The van der Waals surface area contributed by atoms with Crippen LogP contribution in [-0.4, -0.2) is 31.1 Å². The molecule has 0 fully saturated rings. The molecule has 4 N–H and O–H groups in total. The van der Waals surface area contributed by atoms with Crippen LogP contribution in [0.15, 0.2) is 12.1 Å². The third kappa shape index (κ3) is 3.78. The molecule has 1 amide bonds. The van der Waals surface area contributed by atoms with Crippen LogP contribution in [-0.2, 0) is 4.74 Å². The van der Waals surface area contributed by atoms with Crippen molar-refractivity contribution in [2.45, 2.75) is 0 Å². The molecule has 0 heterocycles. The Balaban J connectivity index is 3.03. The van der Waals surface area contributed by atoms with E-state index in [0.717, 1.165) is 6.07 Å². The summed E-state index contributed by atoms with van der Waals surface area (Å²) in [4.78, 5) is 21.9. The molecule has 0 radical (unpaired) electrons. The van der Waals surface area contributed by atoms with Gasteiger partial charge in [-0.05, 0) is 6.07 Å². The van der Waals surface area contributed by atoms with Crippen molar-refractivity contribution in [3.63, 3.8) is 0 Å². The highest BCUT2D eigenvalue weighted by atomic mass is 35.5. The molecule has 0 aliphatic heterocycles. The SMILES string of the molecule is COCCNC(=O)c1cc(Cl)c(NN)c([N+](=O)[O-])c1. The van der Waals surface area contributed by atoms with Gasteiger partial charge in [-0.1, -0.05) is 11.6 Å². The molecule has 1 aromatic rings. The van der Waals surface area contributed by atoms with Crippen molar-refractivity contribution < 1.29 is 14.5 Å². The zero-order valence-corrected chi connectivity index (χ0v) is 10.9. The number of nitrogen functional groups attached to an aromatic ring is 1. The van der Waals surface area contributed by atoms with Crippen LogP contribution >= 0.6 is 11.6 Å². The average molecular weight is 289 g/mol. The van der Waals surface area contributed by atoms with Crippen LogP contribution in [0.5, 0.6) is 0 Å². The number of hydrogen-bond donors (Lipinski definition) is 3. The fraction of sp³-hybridized carbons (Fsp3) is 0.300. The van der Waals surface area contributed by atoms with Crippen molar-refractivity contribution in [1.82, 2.24) is 5.32 Å². The second-order valence-electron chi connectivity index (χ2n) is 3.50. The molecule has 0 atom stereocenters. The van der Waals surface area contributed by atoms with Gasteiger partial charge in [0, 0.05) is 25.3 Å². The van der Waals surface area contributed by atoms with E-state index in [2.05, 4.69) is 10.7 Å². The van der Waals surface area contributed by atoms with Gasteiger partial charge in [-0.2, -0.15) is 0 Å². The average Bonchev–Trinajstić information content (AvgIpc) is 2.37. The zero-order valence-electron chi connectivity index (χ0n) is 10.1. The van der Waals surface area contributed by atoms with Crippen molar-refractivity contribution in [2.75, 3.05) is 25.7 Å². The molecule has 9 heteroatoms. The Morgan fingerprint density at radius 1 is 1.58 bits per heavy atom. The van der Waals surface area contributed by atoms with Gasteiger partial charge in [-0.3, -0.25) is 20.8 Å². The summed E-state index contributed by atoms with van der Waals surface area (Å²) >= 11 is 5.83. The number of anilines is 1. The zero-order chi connectivity index (χ0) is 14.4. The van der Waals surface area contributed by atoms with Crippen LogP contribution < -0.4 is 16.6 Å². The van der Waals surface area contributed by atoms with Crippen LogP contribution in [0.25, 0.3) is 0 Å². The molecule has 104 valence electrons. The summed E-state index contributed by atoms with van der Waals surface area (Å²) in [5.41, 5.74) is 1.80. The minimum atomic E-state index is -0.674. The predicted molar refractivity (Wildman–Crippen MR) is 70.1 cm³/mol. The van der Waals surface area contributed by atoms with Gasteiger partial charge < -0.3 is 15.5 Å². The molecule has 0 aliphatic carbocycles. The predicted octanol–water partition coefficient (Wildman–Crippen LogP) is 0.910. The van der Waals surface area contributed by atoms with E-state index in [1.807, 2.05) is 0 Å². The van der Waals surface area contributed by atoms with E-state index in [-0.39, 0.29) is 28.5 Å². The number of nitro benzene ring substituents is 1. The molecule has 0 unspecified atom stereocenters. The van der Waals surface area contributed by atoms with Crippen molar-refractivity contribution in [1.29, 1.82) is 0 Å². The number of rotatable bonds is 6. The third-order valence-corrected chi connectivity index (χ3v) is 2.56. The Kier molecular flexibility index (Phi) is 5.49. The lowest BCUT2D eigenvalue weighted by molar-refractivity contribution is -0.384. The summed E-state index contributed by atoms with van der Waals surface area (Å²) in [5.74, 6) is 4.68. The second kappa shape index (κ2) is 6.88. The fourth-order valence-electron chi connectivity index (χ4n) is 1.38.